The van der Waals surface area contributed by atoms with Gasteiger partial charge in [0.2, 0.25) is 0 Å². The summed E-state index contributed by atoms with van der Waals surface area (Å²) in [5.74, 6) is 0. The maximum Gasteiger partial charge on any atom is 0.157 e. The van der Waals surface area contributed by atoms with E-state index in [9.17, 15) is 4.21 Å². The molecule has 0 aliphatic heterocycles. The highest BCUT2D eigenvalue weighted by Crippen LogP contribution is 2.19. The van der Waals surface area contributed by atoms with E-state index < -0.39 is 11.0 Å². The summed E-state index contributed by atoms with van der Waals surface area (Å²) in [6.45, 7) is 2.03. The number of fused-ring (bicyclic) bond motifs is 1. The quantitative estimate of drug-likeness (QED) is 0.686. The molecule has 1 heterocycles. The largest absolute Gasteiger partial charge is 0.263 e. The lowest BCUT2D eigenvalue weighted by atomic mass is 10.2. The second-order valence-electron chi connectivity index (χ2n) is 4.26. The van der Waals surface area contributed by atoms with Gasteiger partial charge in [0.15, 0.2) is 11.0 Å². The van der Waals surface area contributed by atoms with Crippen LogP contribution in [0.2, 0.25) is 0 Å². The molecular formula is C15H13NOS. The Labute approximate surface area is 108 Å². The van der Waals surface area contributed by atoms with Gasteiger partial charge in [0.25, 0.3) is 0 Å². The number of nitrogens with zero attached hydrogens (tertiary/aromatic N) is 1. The summed E-state index contributed by atoms with van der Waals surface area (Å²) >= 11 is 0. The Kier molecular flexibility index (Phi) is 2.76. The Morgan fingerprint density at radius 1 is 0.944 bits per heavy atom. The fourth-order valence-electron chi connectivity index (χ4n) is 1.97. The maximum absolute atomic E-state index is 12.5. The minimum absolute atomic E-state index is 0.821. The molecule has 0 fully saturated rings. The number of para-hydroxylation sites is 1. The first kappa shape index (κ1) is 11.2. The number of aryl methyl sites for hydroxylation is 1. The Morgan fingerprint density at radius 3 is 2.44 bits per heavy atom. The van der Waals surface area contributed by atoms with Crippen molar-refractivity contribution in [2.45, 2.75) is 11.8 Å². The highest BCUT2D eigenvalue weighted by Gasteiger charge is 2.08. The molecule has 18 heavy (non-hydrogen) atoms. The minimum Gasteiger partial charge on any atom is -0.263 e. The summed E-state index contributed by atoms with van der Waals surface area (Å²) in [5, 5.41) is 1.11. The van der Waals surface area contributed by atoms with Gasteiger partial charge in [-0.25, -0.2) is 4.21 Å². The van der Waals surface area contributed by atoms with E-state index in [-0.39, 0.29) is 0 Å². The fourth-order valence-corrected chi connectivity index (χ4v) is 3.08. The molecule has 1 aromatic heterocycles. The van der Waals surface area contributed by atoms with E-state index in [0.717, 1.165) is 15.8 Å². The molecule has 3 aromatic rings. The van der Waals surface area contributed by atoms with E-state index >= 15 is 0 Å². The summed E-state index contributed by atoms with van der Waals surface area (Å²) in [4.78, 5) is 0.821. The average molecular weight is 255 g/mol. The molecule has 1 unspecified atom stereocenters. The van der Waals surface area contributed by atoms with Gasteiger partial charge in [-0.1, -0.05) is 35.9 Å². The minimum atomic E-state index is -1.18. The smallest absolute Gasteiger partial charge is 0.157 e. The molecule has 0 spiro atoms. The van der Waals surface area contributed by atoms with Crippen molar-refractivity contribution >= 4 is 21.9 Å². The van der Waals surface area contributed by atoms with Crippen LogP contribution in [-0.4, -0.2) is 8.18 Å². The van der Waals surface area contributed by atoms with Crippen LogP contribution in [0.5, 0.6) is 0 Å². The van der Waals surface area contributed by atoms with Gasteiger partial charge in [-0.3, -0.25) is 3.97 Å². The molecule has 0 bridgehead atoms. The zero-order valence-electron chi connectivity index (χ0n) is 10.0. The van der Waals surface area contributed by atoms with Gasteiger partial charge in [0.05, 0.1) is 10.4 Å². The lowest BCUT2D eigenvalue weighted by Crippen LogP contribution is -2.03. The first-order valence-corrected chi connectivity index (χ1v) is 6.91. The number of hydrogen-bond donors (Lipinski definition) is 0. The van der Waals surface area contributed by atoms with Gasteiger partial charge in [-0.05, 0) is 31.2 Å². The molecule has 0 saturated carbocycles. The SMILES string of the molecule is Cc1ccc(S(=O)n2ccc3ccccc32)cc1. The zero-order valence-corrected chi connectivity index (χ0v) is 10.9. The second-order valence-corrected chi connectivity index (χ2v) is 5.63. The predicted octanol–water partition coefficient (Wildman–Crippen LogP) is 3.52. The van der Waals surface area contributed by atoms with E-state index in [4.69, 9.17) is 0 Å². The first-order valence-electron chi connectivity index (χ1n) is 5.81. The molecule has 2 nitrogen and oxygen atoms in total. The third-order valence-electron chi connectivity index (χ3n) is 2.96. The highest BCUT2D eigenvalue weighted by atomic mass is 32.2. The standard InChI is InChI=1S/C15H13NOS/c1-12-6-8-14(9-7-12)18(17)16-11-10-13-4-2-3-5-15(13)16/h2-11H,1H3. The molecular weight excluding hydrogens is 242 g/mol. The van der Waals surface area contributed by atoms with Crippen LogP contribution in [0.4, 0.5) is 0 Å². The third-order valence-corrected chi connectivity index (χ3v) is 4.32. The van der Waals surface area contributed by atoms with Gasteiger partial charge in [0, 0.05) is 11.6 Å². The lowest BCUT2D eigenvalue weighted by molar-refractivity contribution is 0.678. The second kappa shape index (κ2) is 4.42. The summed E-state index contributed by atoms with van der Waals surface area (Å²) in [6.07, 6.45) is 1.88. The van der Waals surface area contributed by atoms with Crippen molar-refractivity contribution < 1.29 is 4.21 Å². The van der Waals surface area contributed by atoms with E-state index in [1.165, 1.54) is 5.56 Å². The Balaban J connectivity index is 2.09. The Bertz CT molecular complexity index is 713. The van der Waals surface area contributed by atoms with Crippen LogP contribution in [0.15, 0.2) is 65.7 Å². The number of rotatable bonds is 2. The predicted molar refractivity (Wildman–Crippen MR) is 74.9 cm³/mol. The molecule has 3 rings (SSSR count). The van der Waals surface area contributed by atoms with Crippen molar-refractivity contribution in [2.24, 2.45) is 0 Å². The number of hydrogen-bond acceptors (Lipinski definition) is 1. The van der Waals surface area contributed by atoms with Crippen molar-refractivity contribution in [3.05, 3.63) is 66.4 Å². The summed E-state index contributed by atoms with van der Waals surface area (Å²) in [6, 6.07) is 17.8. The molecule has 0 aliphatic rings. The number of benzene rings is 2. The third kappa shape index (κ3) is 1.87. The zero-order chi connectivity index (χ0) is 12.5. The molecule has 3 heteroatoms. The van der Waals surface area contributed by atoms with Gasteiger partial charge in [0.1, 0.15) is 0 Å². The van der Waals surface area contributed by atoms with E-state index in [1.807, 2.05) is 67.7 Å². The van der Waals surface area contributed by atoms with E-state index in [2.05, 4.69) is 0 Å². The van der Waals surface area contributed by atoms with Crippen LogP contribution in [0.1, 0.15) is 5.56 Å². The topological polar surface area (TPSA) is 22.0 Å². The van der Waals surface area contributed by atoms with Crippen LogP contribution in [0.3, 0.4) is 0 Å². The number of aromatic nitrogens is 1. The lowest BCUT2D eigenvalue weighted by Gasteiger charge is -2.05. The summed E-state index contributed by atoms with van der Waals surface area (Å²) in [5.41, 5.74) is 2.17. The molecule has 2 aromatic carbocycles. The van der Waals surface area contributed by atoms with Crippen molar-refractivity contribution in [3.8, 4) is 0 Å². The molecule has 1 atom stereocenters. The molecule has 0 saturated heterocycles. The molecule has 90 valence electrons. The van der Waals surface area contributed by atoms with Crippen LogP contribution in [-0.2, 0) is 11.0 Å². The first-order chi connectivity index (χ1) is 8.75. The van der Waals surface area contributed by atoms with Crippen LogP contribution >= 0.6 is 0 Å². The van der Waals surface area contributed by atoms with Crippen molar-refractivity contribution in [3.63, 3.8) is 0 Å². The van der Waals surface area contributed by atoms with Gasteiger partial charge < -0.3 is 0 Å². The average Bonchev–Trinajstić information content (AvgIpc) is 2.82. The highest BCUT2D eigenvalue weighted by molar-refractivity contribution is 7.83. The Morgan fingerprint density at radius 2 is 1.67 bits per heavy atom. The summed E-state index contributed by atoms with van der Waals surface area (Å²) in [7, 11) is -1.18. The maximum atomic E-state index is 12.5. The van der Waals surface area contributed by atoms with Crippen LogP contribution < -0.4 is 0 Å². The van der Waals surface area contributed by atoms with E-state index in [1.54, 1.807) is 3.97 Å². The van der Waals surface area contributed by atoms with Crippen LogP contribution in [0.25, 0.3) is 10.9 Å². The molecule has 0 N–H and O–H groups in total. The Hall–Kier alpha value is -1.87. The van der Waals surface area contributed by atoms with Crippen LogP contribution in [0, 0.1) is 6.92 Å². The van der Waals surface area contributed by atoms with Crippen molar-refractivity contribution in [1.82, 2.24) is 3.97 Å². The van der Waals surface area contributed by atoms with Gasteiger partial charge >= 0.3 is 0 Å². The monoisotopic (exact) mass is 255 g/mol. The van der Waals surface area contributed by atoms with Gasteiger partial charge in [-0.2, -0.15) is 0 Å². The van der Waals surface area contributed by atoms with E-state index in [0.29, 0.717) is 0 Å². The van der Waals surface area contributed by atoms with Gasteiger partial charge in [-0.15, -0.1) is 0 Å². The normalized spacial score (nSPS) is 12.7. The molecule has 0 radical (unpaired) electrons. The molecule has 0 amide bonds. The summed E-state index contributed by atoms with van der Waals surface area (Å²) < 4.78 is 14.3. The fraction of sp³-hybridized carbons (Fsp3) is 0.0667. The van der Waals surface area contributed by atoms with Crippen molar-refractivity contribution in [1.29, 1.82) is 0 Å². The molecule has 0 aliphatic carbocycles. The van der Waals surface area contributed by atoms with Crippen molar-refractivity contribution in [2.75, 3.05) is 0 Å².